The number of benzene rings is 4. The van der Waals surface area contributed by atoms with Gasteiger partial charge in [0.05, 0.1) is 0 Å². The van der Waals surface area contributed by atoms with E-state index in [0.717, 1.165) is 37.0 Å². The van der Waals surface area contributed by atoms with E-state index < -0.39 is 0 Å². The summed E-state index contributed by atoms with van der Waals surface area (Å²) in [6.07, 6.45) is 3.39. The number of hydrogen-bond acceptors (Lipinski definition) is 3. The van der Waals surface area contributed by atoms with Gasteiger partial charge in [-0.2, -0.15) is 0 Å². The van der Waals surface area contributed by atoms with Crippen LogP contribution in [-0.4, -0.2) is 36.2 Å². The van der Waals surface area contributed by atoms with Crippen LogP contribution in [0.25, 0.3) is 21.5 Å². The van der Waals surface area contributed by atoms with Gasteiger partial charge in [-0.15, -0.1) is 0 Å². The molecule has 1 heterocycles. The Morgan fingerprint density at radius 1 is 0.742 bits per heavy atom. The molecule has 3 nitrogen and oxygen atoms in total. The van der Waals surface area contributed by atoms with Gasteiger partial charge in [0.1, 0.15) is 5.75 Å². The zero-order valence-electron chi connectivity index (χ0n) is 18.0. The lowest BCUT2D eigenvalue weighted by Gasteiger charge is -2.18. The molecule has 0 aliphatic carbocycles. The third-order valence-electron chi connectivity index (χ3n) is 6.63. The monoisotopic (exact) mass is 410 g/mol. The number of likely N-dealkylation sites (tertiary alicyclic amines) is 1. The molecule has 0 radical (unpaired) electrons. The number of nitrogens with zero attached hydrogens (tertiary/aromatic N) is 1. The van der Waals surface area contributed by atoms with Crippen LogP contribution in [0.3, 0.4) is 0 Å². The van der Waals surface area contributed by atoms with Gasteiger partial charge in [0.25, 0.3) is 0 Å². The Hall–Kier alpha value is -2.88. The summed E-state index contributed by atoms with van der Waals surface area (Å²) in [7, 11) is 0. The summed E-state index contributed by atoms with van der Waals surface area (Å²) in [4.78, 5) is 2.54. The lowest BCUT2D eigenvalue weighted by atomic mass is 9.91. The molecule has 0 bridgehead atoms. The second-order valence-corrected chi connectivity index (χ2v) is 8.61. The van der Waals surface area contributed by atoms with E-state index in [0.29, 0.717) is 5.75 Å². The van der Waals surface area contributed by atoms with E-state index in [1.54, 1.807) is 0 Å². The maximum atomic E-state index is 10.7. The standard InChI is InChI=1S/C28H30N2O/c31-28-14-13-22-8-2-4-10-25(22)27(28)19-26-23(12-11-21-7-1-3-9-24(21)26)20-29-15-18-30-16-5-6-17-30/h1-4,7-14,29,31H,5-6,15-20H2. The molecule has 0 aromatic heterocycles. The first-order valence-corrected chi connectivity index (χ1v) is 11.4. The Balaban J connectivity index is 1.46. The quantitative estimate of drug-likeness (QED) is 0.396. The van der Waals surface area contributed by atoms with E-state index in [1.807, 2.05) is 12.1 Å². The first kappa shape index (κ1) is 20.0. The minimum absolute atomic E-state index is 0.375. The largest absolute Gasteiger partial charge is 0.508 e. The van der Waals surface area contributed by atoms with Gasteiger partial charge in [-0.05, 0) is 64.7 Å². The highest BCUT2D eigenvalue weighted by Gasteiger charge is 2.14. The second-order valence-electron chi connectivity index (χ2n) is 8.61. The molecule has 0 atom stereocenters. The fourth-order valence-corrected chi connectivity index (χ4v) is 4.91. The predicted octanol–water partition coefficient (Wildman–Crippen LogP) is 5.47. The molecule has 0 unspecified atom stereocenters. The minimum atomic E-state index is 0.375. The van der Waals surface area contributed by atoms with Crippen LogP contribution >= 0.6 is 0 Å². The summed E-state index contributed by atoms with van der Waals surface area (Å²) in [5.41, 5.74) is 3.62. The molecular formula is C28H30N2O. The first-order chi connectivity index (χ1) is 15.3. The van der Waals surface area contributed by atoms with E-state index >= 15 is 0 Å². The molecule has 31 heavy (non-hydrogen) atoms. The van der Waals surface area contributed by atoms with Crippen LogP contribution in [0.4, 0.5) is 0 Å². The molecule has 2 N–H and O–H groups in total. The molecule has 0 saturated carbocycles. The Morgan fingerprint density at radius 3 is 2.13 bits per heavy atom. The van der Waals surface area contributed by atoms with E-state index in [9.17, 15) is 5.11 Å². The zero-order chi connectivity index (χ0) is 21.0. The third kappa shape index (κ3) is 4.30. The van der Waals surface area contributed by atoms with Crippen molar-refractivity contribution in [2.24, 2.45) is 0 Å². The fourth-order valence-electron chi connectivity index (χ4n) is 4.91. The average molecular weight is 411 g/mol. The van der Waals surface area contributed by atoms with Gasteiger partial charge < -0.3 is 15.3 Å². The first-order valence-electron chi connectivity index (χ1n) is 11.4. The number of fused-ring (bicyclic) bond motifs is 2. The number of hydrogen-bond donors (Lipinski definition) is 2. The molecule has 0 amide bonds. The highest BCUT2D eigenvalue weighted by molar-refractivity contribution is 5.91. The van der Waals surface area contributed by atoms with Crippen LogP contribution in [0.2, 0.25) is 0 Å². The predicted molar refractivity (Wildman–Crippen MR) is 130 cm³/mol. The van der Waals surface area contributed by atoms with E-state index in [1.165, 1.54) is 53.2 Å². The summed E-state index contributed by atoms with van der Waals surface area (Å²) in [5.74, 6) is 0.375. The fraction of sp³-hybridized carbons (Fsp3) is 0.286. The van der Waals surface area contributed by atoms with Crippen molar-refractivity contribution < 1.29 is 5.11 Å². The second kappa shape index (κ2) is 9.09. The molecule has 1 aliphatic heterocycles. The van der Waals surface area contributed by atoms with Crippen LogP contribution < -0.4 is 5.32 Å². The smallest absolute Gasteiger partial charge is 0.119 e. The van der Waals surface area contributed by atoms with Crippen LogP contribution in [0, 0.1) is 0 Å². The van der Waals surface area contributed by atoms with Crippen LogP contribution in [0.15, 0.2) is 72.8 Å². The molecule has 3 heteroatoms. The number of aromatic hydroxyl groups is 1. The molecule has 0 spiro atoms. The summed E-state index contributed by atoms with van der Waals surface area (Å²) in [6, 6.07) is 25.2. The van der Waals surface area contributed by atoms with Crippen molar-refractivity contribution in [1.82, 2.24) is 10.2 Å². The third-order valence-corrected chi connectivity index (χ3v) is 6.63. The Bertz CT molecular complexity index is 1190. The van der Waals surface area contributed by atoms with Gasteiger partial charge in [-0.3, -0.25) is 0 Å². The van der Waals surface area contributed by atoms with Gasteiger partial charge in [0.2, 0.25) is 0 Å². The van der Waals surface area contributed by atoms with Gasteiger partial charge in [-0.1, -0.05) is 66.7 Å². The SMILES string of the molecule is Oc1ccc2ccccc2c1Cc1c(CNCCN2CCCC2)ccc2ccccc12. The molecule has 1 aliphatic rings. The summed E-state index contributed by atoms with van der Waals surface area (Å²) in [6.45, 7) is 5.45. The van der Waals surface area contributed by atoms with Gasteiger partial charge in [-0.25, -0.2) is 0 Å². The highest BCUT2D eigenvalue weighted by Crippen LogP contribution is 2.33. The lowest BCUT2D eigenvalue weighted by molar-refractivity contribution is 0.335. The van der Waals surface area contributed by atoms with Crippen molar-refractivity contribution in [3.8, 4) is 5.75 Å². The van der Waals surface area contributed by atoms with Crippen LogP contribution in [0.5, 0.6) is 5.75 Å². The van der Waals surface area contributed by atoms with Crippen molar-refractivity contribution in [3.05, 3.63) is 89.5 Å². The van der Waals surface area contributed by atoms with Gasteiger partial charge >= 0.3 is 0 Å². The summed E-state index contributed by atoms with van der Waals surface area (Å²) >= 11 is 0. The molecule has 4 aromatic rings. The lowest BCUT2D eigenvalue weighted by Crippen LogP contribution is -2.29. The molecule has 1 fully saturated rings. The number of rotatable bonds is 7. The Morgan fingerprint density at radius 2 is 1.39 bits per heavy atom. The van der Waals surface area contributed by atoms with Crippen molar-refractivity contribution in [2.45, 2.75) is 25.8 Å². The number of nitrogens with one attached hydrogen (secondary N) is 1. The molecule has 4 aromatic carbocycles. The van der Waals surface area contributed by atoms with Crippen LogP contribution in [-0.2, 0) is 13.0 Å². The number of phenols is 1. The Kier molecular flexibility index (Phi) is 5.88. The van der Waals surface area contributed by atoms with Crippen molar-refractivity contribution in [3.63, 3.8) is 0 Å². The molecular weight excluding hydrogens is 380 g/mol. The topological polar surface area (TPSA) is 35.5 Å². The van der Waals surface area contributed by atoms with E-state index in [2.05, 4.69) is 70.9 Å². The summed E-state index contributed by atoms with van der Waals surface area (Å²) in [5, 5.41) is 19.2. The zero-order valence-corrected chi connectivity index (χ0v) is 18.0. The Labute approximate surface area is 184 Å². The van der Waals surface area contributed by atoms with E-state index in [4.69, 9.17) is 0 Å². The van der Waals surface area contributed by atoms with E-state index in [-0.39, 0.29) is 0 Å². The highest BCUT2D eigenvalue weighted by atomic mass is 16.3. The van der Waals surface area contributed by atoms with Crippen LogP contribution in [0.1, 0.15) is 29.5 Å². The molecule has 158 valence electrons. The molecule has 5 rings (SSSR count). The van der Waals surface area contributed by atoms with Gasteiger partial charge in [0, 0.05) is 31.6 Å². The van der Waals surface area contributed by atoms with Crippen molar-refractivity contribution in [2.75, 3.05) is 26.2 Å². The minimum Gasteiger partial charge on any atom is -0.508 e. The normalized spacial score (nSPS) is 14.6. The number of phenolic OH excluding ortho intramolecular Hbond substituents is 1. The van der Waals surface area contributed by atoms with Gasteiger partial charge in [0.15, 0.2) is 0 Å². The maximum Gasteiger partial charge on any atom is 0.119 e. The van der Waals surface area contributed by atoms with Crippen molar-refractivity contribution >= 4 is 21.5 Å². The van der Waals surface area contributed by atoms with Crippen molar-refractivity contribution in [1.29, 1.82) is 0 Å². The molecule has 1 saturated heterocycles. The average Bonchev–Trinajstić information content (AvgIpc) is 3.33. The summed E-state index contributed by atoms with van der Waals surface area (Å²) < 4.78 is 0. The maximum absolute atomic E-state index is 10.7.